The van der Waals surface area contributed by atoms with Crippen molar-refractivity contribution >= 4 is 29.8 Å². The molecule has 1 aromatic rings. The van der Waals surface area contributed by atoms with E-state index in [9.17, 15) is 24.0 Å². The Kier molecular flexibility index (Phi) is 16.0. The van der Waals surface area contributed by atoms with Gasteiger partial charge in [-0.3, -0.25) is 19.2 Å². The molecule has 1 saturated heterocycles. The molecule has 1 heterocycles. The van der Waals surface area contributed by atoms with Gasteiger partial charge in [-0.05, 0) is 43.5 Å². The van der Waals surface area contributed by atoms with E-state index in [1.807, 2.05) is 6.08 Å². The van der Waals surface area contributed by atoms with E-state index in [4.69, 9.17) is 33.2 Å². The average molecular weight is 621 g/mol. The maximum Gasteiger partial charge on any atom is 0.338 e. The zero-order valence-electron chi connectivity index (χ0n) is 26.0. The first kappa shape index (κ1) is 36.3. The van der Waals surface area contributed by atoms with E-state index in [1.165, 1.54) is 32.1 Å². The summed E-state index contributed by atoms with van der Waals surface area (Å²) in [6.45, 7) is 8.23. The standard InChI is InChI=1S/C32H44O12/c1-6-7-8-9-10-11-12-13-14-19-38-26-17-15-25(16-18-26)31(37)39-20-27-28(40-21(2)33)29(41-22(3)34)30(42-23(4)35)32(44-27)43-24(5)36/h6,15-18,27-30,32H,1,7-14,19-20H2,2-5H3/t27-,28-,29+,30-,32-/m1/s1. The third-order valence-electron chi connectivity index (χ3n) is 6.57. The van der Waals surface area contributed by atoms with Crippen molar-refractivity contribution < 1.29 is 57.1 Å². The van der Waals surface area contributed by atoms with Crippen LogP contribution in [0.3, 0.4) is 0 Å². The second kappa shape index (κ2) is 19.4. The molecule has 12 nitrogen and oxygen atoms in total. The zero-order valence-corrected chi connectivity index (χ0v) is 26.0. The van der Waals surface area contributed by atoms with E-state index in [-0.39, 0.29) is 5.56 Å². The normalized spacial score (nSPS) is 21.0. The predicted molar refractivity (Wildman–Crippen MR) is 156 cm³/mol. The molecular weight excluding hydrogens is 576 g/mol. The molecule has 5 atom stereocenters. The first-order valence-corrected chi connectivity index (χ1v) is 14.9. The maximum absolute atomic E-state index is 12.8. The van der Waals surface area contributed by atoms with Gasteiger partial charge in [-0.25, -0.2) is 4.79 Å². The van der Waals surface area contributed by atoms with Gasteiger partial charge >= 0.3 is 29.8 Å². The van der Waals surface area contributed by atoms with Gasteiger partial charge in [0.25, 0.3) is 0 Å². The molecule has 0 aromatic heterocycles. The number of carbonyl (C=O) groups is 5. The molecule has 244 valence electrons. The Balaban J connectivity index is 1.98. The lowest BCUT2D eigenvalue weighted by Crippen LogP contribution is -2.63. The van der Waals surface area contributed by atoms with Gasteiger partial charge in [-0.2, -0.15) is 0 Å². The molecule has 2 rings (SSSR count). The first-order valence-electron chi connectivity index (χ1n) is 14.9. The van der Waals surface area contributed by atoms with E-state index in [0.717, 1.165) is 47.0 Å². The fraction of sp³-hybridized carbons (Fsp3) is 0.594. The lowest BCUT2D eigenvalue weighted by molar-refractivity contribution is -0.299. The highest BCUT2D eigenvalue weighted by molar-refractivity contribution is 5.89. The topological polar surface area (TPSA) is 150 Å². The molecule has 0 spiro atoms. The highest BCUT2D eigenvalue weighted by Crippen LogP contribution is 2.30. The number of hydrogen-bond acceptors (Lipinski definition) is 12. The molecule has 0 bridgehead atoms. The molecule has 1 fully saturated rings. The van der Waals surface area contributed by atoms with Crippen molar-refractivity contribution in [3.63, 3.8) is 0 Å². The summed E-state index contributed by atoms with van der Waals surface area (Å²) in [4.78, 5) is 60.2. The fourth-order valence-electron chi connectivity index (χ4n) is 4.64. The summed E-state index contributed by atoms with van der Waals surface area (Å²) in [6.07, 6.45) is 4.04. The Hall–Kier alpha value is -3.93. The SMILES string of the molecule is C=CCCCCCCCCCOc1ccc(C(=O)OC[C@H]2O[C@@H](OC(C)=O)[C@H](OC(C)=O)[C@@H](OC(C)=O)[C@@H]2OC(C)=O)cc1. The number of allylic oxidation sites excluding steroid dienone is 1. The zero-order chi connectivity index (χ0) is 32.5. The number of ether oxygens (including phenoxy) is 7. The molecule has 0 radical (unpaired) electrons. The number of unbranched alkanes of at least 4 members (excludes halogenated alkanes) is 7. The molecule has 1 aliphatic rings. The molecular formula is C32H44O12. The lowest BCUT2D eigenvalue weighted by Gasteiger charge is -2.43. The van der Waals surface area contributed by atoms with Crippen LogP contribution in [0.25, 0.3) is 0 Å². The minimum atomic E-state index is -1.55. The van der Waals surface area contributed by atoms with E-state index in [0.29, 0.717) is 12.4 Å². The second-order valence-corrected chi connectivity index (χ2v) is 10.4. The van der Waals surface area contributed by atoms with Gasteiger partial charge in [0, 0.05) is 27.7 Å². The smallest absolute Gasteiger partial charge is 0.338 e. The van der Waals surface area contributed by atoms with Crippen molar-refractivity contribution in [3.05, 3.63) is 42.5 Å². The van der Waals surface area contributed by atoms with Crippen LogP contribution in [0.5, 0.6) is 5.75 Å². The van der Waals surface area contributed by atoms with Crippen LogP contribution in [0.4, 0.5) is 0 Å². The van der Waals surface area contributed by atoms with E-state index < -0.39 is 67.2 Å². The minimum Gasteiger partial charge on any atom is -0.494 e. The third kappa shape index (κ3) is 13.2. The summed E-state index contributed by atoms with van der Waals surface area (Å²) < 4.78 is 38.0. The molecule has 1 aromatic carbocycles. The molecule has 0 amide bonds. The summed E-state index contributed by atoms with van der Waals surface area (Å²) in [7, 11) is 0. The number of benzene rings is 1. The van der Waals surface area contributed by atoms with Crippen LogP contribution in [0.15, 0.2) is 36.9 Å². The van der Waals surface area contributed by atoms with Gasteiger partial charge in [0.2, 0.25) is 12.4 Å². The summed E-state index contributed by atoms with van der Waals surface area (Å²) in [5, 5.41) is 0. The number of esters is 5. The van der Waals surface area contributed by atoms with Crippen LogP contribution in [-0.4, -0.2) is 73.8 Å². The van der Waals surface area contributed by atoms with Gasteiger partial charge in [0.1, 0.15) is 18.5 Å². The van der Waals surface area contributed by atoms with Crippen LogP contribution in [0, 0.1) is 0 Å². The van der Waals surface area contributed by atoms with Gasteiger partial charge in [-0.15, -0.1) is 6.58 Å². The van der Waals surface area contributed by atoms with Crippen molar-refractivity contribution in [3.8, 4) is 5.75 Å². The molecule has 0 N–H and O–H groups in total. The van der Waals surface area contributed by atoms with Gasteiger partial charge in [0.05, 0.1) is 12.2 Å². The quantitative estimate of drug-likeness (QED) is 0.0976. The largest absolute Gasteiger partial charge is 0.494 e. The van der Waals surface area contributed by atoms with E-state index >= 15 is 0 Å². The Labute approximate surface area is 258 Å². The fourth-order valence-corrected chi connectivity index (χ4v) is 4.64. The molecule has 0 saturated carbocycles. The van der Waals surface area contributed by atoms with Crippen molar-refractivity contribution in [1.82, 2.24) is 0 Å². The van der Waals surface area contributed by atoms with Gasteiger partial charge < -0.3 is 33.2 Å². The van der Waals surface area contributed by atoms with Crippen LogP contribution in [0.1, 0.15) is 89.4 Å². The van der Waals surface area contributed by atoms with Crippen molar-refractivity contribution in [2.24, 2.45) is 0 Å². The van der Waals surface area contributed by atoms with Gasteiger partial charge in [-0.1, -0.05) is 38.2 Å². The van der Waals surface area contributed by atoms with Crippen molar-refractivity contribution in [1.29, 1.82) is 0 Å². The molecule has 1 aliphatic heterocycles. The summed E-state index contributed by atoms with van der Waals surface area (Å²) in [6, 6.07) is 6.41. The summed E-state index contributed by atoms with van der Waals surface area (Å²) in [5.74, 6) is -3.24. The number of hydrogen-bond donors (Lipinski definition) is 0. The summed E-state index contributed by atoms with van der Waals surface area (Å²) >= 11 is 0. The maximum atomic E-state index is 12.8. The van der Waals surface area contributed by atoms with Crippen LogP contribution in [-0.2, 0) is 47.6 Å². The lowest BCUT2D eigenvalue weighted by atomic mass is 9.98. The van der Waals surface area contributed by atoms with Crippen molar-refractivity contribution in [2.75, 3.05) is 13.2 Å². The average Bonchev–Trinajstić information content (AvgIpc) is 2.95. The predicted octanol–water partition coefficient (Wildman–Crippen LogP) is 4.61. The Morgan fingerprint density at radius 3 is 1.80 bits per heavy atom. The Bertz CT molecular complexity index is 1100. The highest BCUT2D eigenvalue weighted by Gasteiger charge is 2.53. The molecule has 44 heavy (non-hydrogen) atoms. The molecule has 0 aliphatic carbocycles. The van der Waals surface area contributed by atoms with Gasteiger partial charge in [0.15, 0.2) is 12.2 Å². The van der Waals surface area contributed by atoms with Crippen LogP contribution < -0.4 is 4.74 Å². The number of rotatable bonds is 18. The van der Waals surface area contributed by atoms with Crippen LogP contribution >= 0.6 is 0 Å². The molecule has 0 unspecified atom stereocenters. The van der Waals surface area contributed by atoms with E-state index in [2.05, 4.69) is 6.58 Å². The first-order chi connectivity index (χ1) is 21.0. The minimum absolute atomic E-state index is 0.222. The monoisotopic (exact) mass is 620 g/mol. The second-order valence-electron chi connectivity index (χ2n) is 10.4. The Morgan fingerprint density at radius 1 is 0.705 bits per heavy atom. The number of carbonyl (C=O) groups excluding carboxylic acids is 5. The Morgan fingerprint density at radius 2 is 1.23 bits per heavy atom. The van der Waals surface area contributed by atoms with Crippen molar-refractivity contribution in [2.45, 2.75) is 110 Å². The van der Waals surface area contributed by atoms with E-state index in [1.54, 1.807) is 24.3 Å². The highest BCUT2D eigenvalue weighted by atomic mass is 16.7. The summed E-state index contributed by atoms with van der Waals surface area (Å²) in [5.41, 5.74) is 0.222. The van der Waals surface area contributed by atoms with Crippen LogP contribution in [0.2, 0.25) is 0 Å². The molecule has 12 heteroatoms. The third-order valence-corrected chi connectivity index (χ3v) is 6.57.